The van der Waals surface area contributed by atoms with E-state index in [1.807, 2.05) is 22.7 Å². The normalized spacial score (nSPS) is 11.8. The van der Waals surface area contributed by atoms with Crippen molar-refractivity contribution >= 4 is 43.1 Å². The molecule has 102 valence electrons. The van der Waals surface area contributed by atoms with E-state index in [1.165, 1.54) is 70.9 Å². The molecule has 0 saturated carbocycles. The highest BCUT2D eigenvalue weighted by molar-refractivity contribution is 7.25. The molecule has 0 bridgehead atoms. The zero-order valence-corrected chi connectivity index (χ0v) is 13.1. The van der Waals surface area contributed by atoms with Crippen LogP contribution in [0.5, 0.6) is 0 Å². The van der Waals surface area contributed by atoms with E-state index in [4.69, 9.17) is 0 Å². The Morgan fingerprint density at radius 3 is 2.74 bits per heavy atom. The SMILES string of the molecule is CCCCCCCCc1csc2c1[nH]c1ccsc12. The Morgan fingerprint density at radius 1 is 1.00 bits per heavy atom. The van der Waals surface area contributed by atoms with Crippen LogP contribution in [0.1, 0.15) is 51.0 Å². The van der Waals surface area contributed by atoms with Crippen LogP contribution in [0.2, 0.25) is 0 Å². The number of unbranched alkanes of at least 4 members (excludes halogenated alkanes) is 5. The van der Waals surface area contributed by atoms with Gasteiger partial charge in [-0.25, -0.2) is 0 Å². The maximum Gasteiger partial charge on any atom is 0.0701 e. The number of thiophene rings is 2. The number of fused-ring (bicyclic) bond motifs is 3. The van der Waals surface area contributed by atoms with Gasteiger partial charge in [-0.05, 0) is 35.2 Å². The second kappa shape index (κ2) is 6.10. The molecule has 0 unspecified atom stereocenters. The average Bonchev–Trinajstić information content (AvgIpc) is 3.06. The fraction of sp³-hybridized carbons (Fsp3) is 0.500. The van der Waals surface area contributed by atoms with Crippen molar-refractivity contribution < 1.29 is 0 Å². The third kappa shape index (κ3) is 2.72. The summed E-state index contributed by atoms with van der Waals surface area (Å²) in [6.07, 6.45) is 9.50. The van der Waals surface area contributed by atoms with Gasteiger partial charge in [0.05, 0.1) is 20.4 Å². The smallest absolute Gasteiger partial charge is 0.0701 e. The molecule has 1 N–H and O–H groups in total. The van der Waals surface area contributed by atoms with Crippen LogP contribution in [-0.4, -0.2) is 4.98 Å². The average molecular weight is 291 g/mol. The lowest BCUT2D eigenvalue weighted by Crippen LogP contribution is -1.85. The van der Waals surface area contributed by atoms with Gasteiger partial charge in [0, 0.05) is 0 Å². The second-order valence-corrected chi connectivity index (χ2v) is 7.07. The van der Waals surface area contributed by atoms with Gasteiger partial charge in [0.2, 0.25) is 0 Å². The summed E-state index contributed by atoms with van der Waals surface area (Å²) in [5, 5.41) is 4.53. The highest BCUT2D eigenvalue weighted by Crippen LogP contribution is 2.36. The van der Waals surface area contributed by atoms with E-state index in [9.17, 15) is 0 Å². The highest BCUT2D eigenvalue weighted by Gasteiger charge is 2.11. The van der Waals surface area contributed by atoms with Gasteiger partial charge in [-0.1, -0.05) is 39.0 Å². The van der Waals surface area contributed by atoms with Gasteiger partial charge in [-0.2, -0.15) is 0 Å². The van der Waals surface area contributed by atoms with Gasteiger partial charge in [0.25, 0.3) is 0 Å². The third-order valence-electron chi connectivity index (χ3n) is 3.80. The Morgan fingerprint density at radius 2 is 1.84 bits per heavy atom. The fourth-order valence-electron chi connectivity index (χ4n) is 2.70. The molecule has 0 aliphatic heterocycles. The summed E-state index contributed by atoms with van der Waals surface area (Å²) in [5.41, 5.74) is 4.25. The molecule has 3 rings (SSSR count). The van der Waals surface area contributed by atoms with E-state index in [2.05, 4.69) is 28.7 Å². The summed E-state index contributed by atoms with van der Waals surface area (Å²) >= 11 is 3.76. The highest BCUT2D eigenvalue weighted by atomic mass is 32.1. The first-order valence-electron chi connectivity index (χ1n) is 7.35. The van der Waals surface area contributed by atoms with Crippen molar-refractivity contribution in [2.75, 3.05) is 0 Å². The Bertz CT molecular complexity index is 644. The molecule has 0 atom stereocenters. The first-order valence-corrected chi connectivity index (χ1v) is 9.11. The summed E-state index contributed by atoms with van der Waals surface area (Å²) in [5.74, 6) is 0. The summed E-state index contributed by atoms with van der Waals surface area (Å²) in [6, 6.07) is 2.20. The zero-order chi connectivity index (χ0) is 13.1. The number of H-pyrrole nitrogens is 1. The zero-order valence-electron chi connectivity index (χ0n) is 11.5. The molecule has 0 amide bonds. The molecule has 0 saturated heterocycles. The number of hydrogen-bond donors (Lipinski definition) is 1. The lowest BCUT2D eigenvalue weighted by atomic mass is 10.1. The molecule has 0 spiro atoms. The van der Waals surface area contributed by atoms with Crippen LogP contribution in [0.15, 0.2) is 16.8 Å². The molecule has 0 fully saturated rings. The fourth-order valence-corrected chi connectivity index (χ4v) is 4.79. The van der Waals surface area contributed by atoms with E-state index in [-0.39, 0.29) is 0 Å². The van der Waals surface area contributed by atoms with E-state index >= 15 is 0 Å². The Labute approximate surface area is 122 Å². The molecule has 3 heterocycles. The molecule has 0 aromatic carbocycles. The quantitative estimate of drug-likeness (QED) is 0.488. The van der Waals surface area contributed by atoms with Crippen LogP contribution in [-0.2, 0) is 6.42 Å². The summed E-state index contributed by atoms with van der Waals surface area (Å²) in [7, 11) is 0. The number of hydrogen-bond acceptors (Lipinski definition) is 2. The summed E-state index contributed by atoms with van der Waals surface area (Å²) < 4.78 is 2.90. The molecule has 3 aromatic heterocycles. The van der Waals surface area contributed by atoms with Crippen molar-refractivity contribution in [1.29, 1.82) is 0 Å². The number of rotatable bonds is 7. The molecule has 0 aliphatic carbocycles. The standard InChI is InChI=1S/C16H21NS2/c1-2-3-4-5-6-7-8-12-11-19-16-14(12)17-13-9-10-18-15(13)16/h9-11,17H,2-8H2,1H3. The van der Waals surface area contributed by atoms with Gasteiger partial charge < -0.3 is 4.98 Å². The molecule has 0 aliphatic rings. The minimum absolute atomic E-state index is 1.24. The Kier molecular flexibility index (Phi) is 4.24. The maximum absolute atomic E-state index is 3.59. The lowest BCUT2D eigenvalue weighted by molar-refractivity contribution is 0.608. The third-order valence-corrected chi connectivity index (χ3v) is 5.91. The first-order chi connectivity index (χ1) is 9.40. The monoisotopic (exact) mass is 291 g/mol. The van der Waals surface area contributed by atoms with Gasteiger partial charge in [0.15, 0.2) is 0 Å². The predicted molar refractivity (Wildman–Crippen MR) is 88.6 cm³/mol. The number of nitrogens with one attached hydrogen (secondary N) is 1. The summed E-state index contributed by atoms with van der Waals surface area (Å²) in [6.45, 7) is 2.28. The lowest BCUT2D eigenvalue weighted by Gasteiger charge is -2.00. The van der Waals surface area contributed by atoms with Crippen LogP contribution in [0.3, 0.4) is 0 Å². The van der Waals surface area contributed by atoms with Crippen molar-refractivity contribution in [2.24, 2.45) is 0 Å². The van der Waals surface area contributed by atoms with Crippen LogP contribution in [0.25, 0.3) is 20.4 Å². The van der Waals surface area contributed by atoms with Crippen molar-refractivity contribution in [3.63, 3.8) is 0 Å². The van der Waals surface area contributed by atoms with E-state index in [0.29, 0.717) is 0 Å². The molecular weight excluding hydrogens is 270 g/mol. The number of aryl methyl sites for hydroxylation is 1. The van der Waals surface area contributed by atoms with E-state index < -0.39 is 0 Å². The van der Waals surface area contributed by atoms with Crippen LogP contribution in [0, 0.1) is 0 Å². The number of aromatic nitrogens is 1. The van der Waals surface area contributed by atoms with Crippen molar-refractivity contribution in [1.82, 2.24) is 4.98 Å². The molecule has 3 aromatic rings. The molecule has 3 heteroatoms. The minimum atomic E-state index is 1.24. The maximum atomic E-state index is 3.59. The van der Waals surface area contributed by atoms with Gasteiger partial charge in [-0.3, -0.25) is 0 Å². The Hall–Kier alpha value is -0.800. The molecule has 0 radical (unpaired) electrons. The van der Waals surface area contributed by atoms with Gasteiger partial charge in [0.1, 0.15) is 0 Å². The summed E-state index contributed by atoms with van der Waals surface area (Å²) in [4.78, 5) is 3.59. The predicted octanol–water partition coefficient (Wildman–Crippen LogP) is 6.35. The Balaban J connectivity index is 1.61. The van der Waals surface area contributed by atoms with Crippen LogP contribution in [0.4, 0.5) is 0 Å². The number of aromatic amines is 1. The largest absolute Gasteiger partial charge is 0.353 e. The van der Waals surface area contributed by atoms with E-state index in [0.717, 1.165) is 0 Å². The van der Waals surface area contributed by atoms with Crippen LogP contribution >= 0.6 is 22.7 Å². The van der Waals surface area contributed by atoms with Crippen molar-refractivity contribution in [2.45, 2.75) is 51.9 Å². The van der Waals surface area contributed by atoms with Crippen LogP contribution < -0.4 is 0 Å². The van der Waals surface area contributed by atoms with Crippen molar-refractivity contribution in [3.05, 3.63) is 22.4 Å². The van der Waals surface area contributed by atoms with Gasteiger partial charge in [-0.15, -0.1) is 22.7 Å². The molecular formula is C16H21NS2. The molecule has 19 heavy (non-hydrogen) atoms. The molecule has 1 nitrogen and oxygen atoms in total. The minimum Gasteiger partial charge on any atom is -0.353 e. The topological polar surface area (TPSA) is 15.8 Å². The first kappa shape index (κ1) is 13.2. The van der Waals surface area contributed by atoms with Crippen molar-refractivity contribution in [3.8, 4) is 0 Å². The van der Waals surface area contributed by atoms with E-state index in [1.54, 1.807) is 0 Å². The second-order valence-electron chi connectivity index (χ2n) is 5.27. The van der Waals surface area contributed by atoms with Gasteiger partial charge >= 0.3 is 0 Å².